The second-order valence-electron chi connectivity index (χ2n) is 4.06. The third kappa shape index (κ3) is 3.59. The third-order valence-electron chi connectivity index (χ3n) is 2.73. The first kappa shape index (κ1) is 14.8. The number of rotatable bonds is 6. The molecular formula is C12H14N2O5. The third-order valence-corrected chi connectivity index (χ3v) is 2.73. The van der Waals surface area contributed by atoms with E-state index in [2.05, 4.69) is 5.32 Å². The van der Waals surface area contributed by atoms with Gasteiger partial charge in [-0.15, -0.1) is 0 Å². The number of hydrogen-bond acceptors (Lipinski definition) is 5. The van der Waals surface area contributed by atoms with Gasteiger partial charge in [0.2, 0.25) is 0 Å². The molecule has 0 heterocycles. The molecule has 7 heteroatoms. The van der Waals surface area contributed by atoms with E-state index in [1.165, 1.54) is 25.2 Å². The predicted octanol–water partition coefficient (Wildman–Crippen LogP) is 1.15. The molecule has 1 aromatic rings. The maximum Gasteiger partial charge on any atom is 0.305 e. The smallest absolute Gasteiger partial charge is 0.305 e. The summed E-state index contributed by atoms with van der Waals surface area (Å²) in [6.07, 6.45) is -0.378. The molecule has 19 heavy (non-hydrogen) atoms. The highest BCUT2D eigenvalue weighted by Gasteiger charge is 2.23. The number of nitrogens with zero attached hydrogens (tertiary/aromatic N) is 1. The van der Waals surface area contributed by atoms with Gasteiger partial charge in [0.15, 0.2) is 5.78 Å². The van der Waals surface area contributed by atoms with Crippen molar-refractivity contribution < 1.29 is 19.6 Å². The van der Waals surface area contributed by atoms with Gasteiger partial charge in [-0.3, -0.25) is 19.7 Å². The van der Waals surface area contributed by atoms with E-state index in [-0.39, 0.29) is 17.7 Å². The van der Waals surface area contributed by atoms with Crippen molar-refractivity contribution >= 4 is 17.4 Å². The minimum absolute atomic E-state index is 0.123. The summed E-state index contributed by atoms with van der Waals surface area (Å²) in [6, 6.07) is 3.19. The maximum atomic E-state index is 12.0. The molecule has 0 fully saturated rings. The molecule has 1 atom stereocenters. The Labute approximate surface area is 109 Å². The first-order chi connectivity index (χ1) is 8.86. The van der Waals surface area contributed by atoms with Gasteiger partial charge in [-0.25, -0.2) is 0 Å². The summed E-state index contributed by atoms with van der Waals surface area (Å²) >= 11 is 0. The summed E-state index contributed by atoms with van der Waals surface area (Å²) in [7, 11) is 1.47. The summed E-state index contributed by atoms with van der Waals surface area (Å²) < 4.78 is 0. The van der Waals surface area contributed by atoms with Crippen molar-refractivity contribution in [2.75, 3.05) is 7.05 Å². The number of likely N-dealkylation sites (N-methyl/N-ethyl adjacent to an activating group) is 1. The molecule has 2 N–H and O–H groups in total. The lowest BCUT2D eigenvalue weighted by atomic mass is 10.00. The molecule has 0 bridgehead atoms. The number of carboxylic acids is 1. The second-order valence-corrected chi connectivity index (χ2v) is 4.06. The maximum absolute atomic E-state index is 12.0. The number of carboxylic acid groups (broad SMARTS) is 1. The van der Waals surface area contributed by atoms with E-state index in [1.54, 1.807) is 6.92 Å². The van der Waals surface area contributed by atoms with Crippen LogP contribution in [0.5, 0.6) is 0 Å². The number of carbonyl (C=O) groups is 2. The zero-order chi connectivity index (χ0) is 14.6. The highest BCUT2D eigenvalue weighted by molar-refractivity contribution is 6.02. The van der Waals surface area contributed by atoms with Crippen LogP contribution < -0.4 is 5.32 Å². The Bertz CT molecular complexity index is 527. The zero-order valence-electron chi connectivity index (χ0n) is 10.5. The number of Topliss-reactive ketones (excluding diaryl/α,β-unsaturated/α-hetero) is 1. The standard InChI is InChI=1S/C12H14N2O5/c1-7-3-4-8(5-10(7)14(18)19)12(17)9(13-2)6-11(15)16/h3-5,9,13H,6H2,1-2H3,(H,15,16). The highest BCUT2D eigenvalue weighted by Crippen LogP contribution is 2.20. The van der Waals surface area contributed by atoms with E-state index >= 15 is 0 Å². The van der Waals surface area contributed by atoms with E-state index in [0.717, 1.165) is 0 Å². The molecule has 0 saturated carbocycles. The van der Waals surface area contributed by atoms with Gasteiger partial charge in [0, 0.05) is 17.2 Å². The van der Waals surface area contributed by atoms with Crippen LogP contribution in [-0.2, 0) is 4.79 Å². The summed E-state index contributed by atoms with van der Waals surface area (Å²) in [5.74, 6) is -1.60. The fraction of sp³-hybridized carbons (Fsp3) is 0.333. The van der Waals surface area contributed by atoms with Crippen LogP contribution in [0.2, 0.25) is 0 Å². The normalized spacial score (nSPS) is 11.9. The molecule has 1 rings (SSSR count). The summed E-state index contributed by atoms with van der Waals surface area (Å²) in [5, 5.41) is 22.1. The van der Waals surface area contributed by atoms with Gasteiger partial charge in [0.25, 0.3) is 5.69 Å². The average molecular weight is 266 g/mol. The Morgan fingerprint density at radius 2 is 2.11 bits per heavy atom. The molecule has 0 aliphatic heterocycles. The van der Waals surface area contributed by atoms with Gasteiger partial charge < -0.3 is 10.4 Å². The monoisotopic (exact) mass is 266 g/mol. The largest absolute Gasteiger partial charge is 0.481 e. The first-order valence-electron chi connectivity index (χ1n) is 5.55. The Morgan fingerprint density at radius 1 is 1.47 bits per heavy atom. The minimum atomic E-state index is -1.12. The Balaban J connectivity index is 3.08. The molecule has 102 valence electrons. The molecular weight excluding hydrogens is 252 g/mol. The number of nitro groups is 1. The van der Waals surface area contributed by atoms with Crippen LogP contribution in [-0.4, -0.2) is 34.9 Å². The fourth-order valence-corrected chi connectivity index (χ4v) is 1.66. The van der Waals surface area contributed by atoms with Crippen LogP contribution in [0.4, 0.5) is 5.69 Å². The van der Waals surface area contributed by atoms with Gasteiger partial charge >= 0.3 is 5.97 Å². The molecule has 1 unspecified atom stereocenters. The van der Waals surface area contributed by atoms with Gasteiger partial charge in [0.05, 0.1) is 17.4 Å². The van der Waals surface area contributed by atoms with Crippen LogP contribution >= 0.6 is 0 Å². The number of aryl methyl sites for hydroxylation is 1. The van der Waals surface area contributed by atoms with Crippen molar-refractivity contribution in [3.63, 3.8) is 0 Å². The molecule has 0 aromatic heterocycles. The lowest BCUT2D eigenvalue weighted by Gasteiger charge is -2.12. The highest BCUT2D eigenvalue weighted by atomic mass is 16.6. The van der Waals surface area contributed by atoms with Crippen molar-refractivity contribution in [3.8, 4) is 0 Å². The molecule has 7 nitrogen and oxygen atoms in total. The summed E-state index contributed by atoms with van der Waals surface area (Å²) in [4.78, 5) is 32.9. The minimum Gasteiger partial charge on any atom is -0.481 e. The van der Waals surface area contributed by atoms with Crippen LogP contribution in [0, 0.1) is 17.0 Å². The topological polar surface area (TPSA) is 110 Å². The SMILES string of the molecule is CNC(CC(=O)O)C(=O)c1ccc(C)c([N+](=O)[O-])c1. The number of nitrogens with one attached hydrogen (secondary N) is 1. The Morgan fingerprint density at radius 3 is 2.58 bits per heavy atom. The van der Waals surface area contributed by atoms with Crippen molar-refractivity contribution in [2.24, 2.45) is 0 Å². The van der Waals surface area contributed by atoms with Crippen molar-refractivity contribution in [2.45, 2.75) is 19.4 Å². The lowest BCUT2D eigenvalue weighted by Crippen LogP contribution is -2.36. The van der Waals surface area contributed by atoms with Crippen LogP contribution in [0.1, 0.15) is 22.3 Å². The number of hydrogen-bond donors (Lipinski definition) is 2. The molecule has 0 aliphatic rings. The first-order valence-corrected chi connectivity index (χ1v) is 5.55. The van der Waals surface area contributed by atoms with E-state index in [4.69, 9.17) is 5.11 Å². The molecule has 0 amide bonds. The van der Waals surface area contributed by atoms with E-state index < -0.39 is 22.7 Å². The quantitative estimate of drug-likeness (QED) is 0.454. The second kappa shape index (κ2) is 6.05. The van der Waals surface area contributed by atoms with E-state index in [1.807, 2.05) is 0 Å². The number of carbonyl (C=O) groups excluding carboxylic acids is 1. The molecule has 0 saturated heterocycles. The molecule has 1 aromatic carbocycles. The van der Waals surface area contributed by atoms with Crippen LogP contribution in [0.25, 0.3) is 0 Å². The van der Waals surface area contributed by atoms with Crippen molar-refractivity contribution in [1.29, 1.82) is 0 Å². The van der Waals surface area contributed by atoms with E-state index in [9.17, 15) is 19.7 Å². The average Bonchev–Trinajstić information content (AvgIpc) is 2.35. The van der Waals surface area contributed by atoms with Crippen molar-refractivity contribution in [3.05, 3.63) is 39.4 Å². The van der Waals surface area contributed by atoms with Crippen LogP contribution in [0.3, 0.4) is 0 Å². The van der Waals surface area contributed by atoms with E-state index in [0.29, 0.717) is 5.56 Å². The Hall–Kier alpha value is -2.28. The summed E-state index contributed by atoms with van der Waals surface area (Å²) in [5.41, 5.74) is 0.412. The van der Waals surface area contributed by atoms with Gasteiger partial charge in [-0.05, 0) is 14.0 Å². The molecule has 0 aliphatic carbocycles. The molecule has 0 spiro atoms. The van der Waals surface area contributed by atoms with Crippen molar-refractivity contribution in [1.82, 2.24) is 5.32 Å². The predicted molar refractivity (Wildman–Crippen MR) is 67.3 cm³/mol. The lowest BCUT2D eigenvalue weighted by molar-refractivity contribution is -0.385. The van der Waals surface area contributed by atoms with Gasteiger partial charge in [-0.1, -0.05) is 12.1 Å². The number of ketones is 1. The van der Waals surface area contributed by atoms with Gasteiger partial charge in [-0.2, -0.15) is 0 Å². The number of aliphatic carboxylic acids is 1. The zero-order valence-corrected chi connectivity index (χ0v) is 10.5. The van der Waals surface area contributed by atoms with Gasteiger partial charge in [0.1, 0.15) is 0 Å². The van der Waals surface area contributed by atoms with Crippen LogP contribution in [0.15, 0.2) is 18.2 Å². The Kier molecular flexibility index (Phi) is 4.71. The molecule has 0 radical (unpaired) electrons. The number of nitro benzene ring substituents is 1. The fourth-order valence-electron chi connectivity index (χ4n) is 1.66. The number of benzene rings is 1. The summed E-state index contributed by atoms with van der Waals surface area (Å²) in [6.45, 7) is 1.57.